The van der Waals surface area contributed by atoms with Gasteiger partial charge in [0.25, 0.3) is 0 Å². The van der Waals surface area contributed by atoms with E-state index in [1.165, 1.54) is 5.56 Å². The number of hydrogen-bond donors (Lipinski definition) is 0. The first-order valence-corrected chi connectivity index (χ1v) is 5.79. The maximum atomic E-state index is 5.41. The van der Waals surface area contributed by atoms with E-state index in [9.17, 15) is 0 Å². The fraction of sp³-hybridized carbons (Fsp3) is 0.571. The quantitative estimate of drug-likeness (QED) is 0.785. The van der Waals surface area contributed by atoms with Crippen molar-refractivity contribution in [3.05, 3.63) is 23.8 Å². The Morgan fingerprint density at radius 3 is 2.24 bits per heavy atom. The standard InChI is InChI=1S/C14H23NO2/c1-14(2,15(3)4)10-11-7-8-12(16-5)9-13(11)17-6/h7-9H,10H2,1-6H3. The molecule has 0 aliphatic rings. The van der Waals surface area contributed by atoms with Crippen molar-refractivity contribution >= 4 is 0 Å². The average molecular weight is 237 g/mol. The maximum Gasteiger partial charge on any atom is 0.125 e. The second-order valence-corrected chi connectivity index (χ2v) is 5.06. The number of nitrogens with zero attached hydrogens (tertiary/aromatic N) is 1. The maximum absolute atomic E-state index is 5.41. The molecular formula is C14H23NO2. The van der Waals surface area contributed by atoms with Gasteiger partial charge in [0.05, 0.1) is 14.2 Å². The summed E-state index contributed by atoms with van der Waals surface area (Å²) < 4.78 is 10.6. The van der Waals surface area contributed by atoms with Crippen molar-refractivity contribution in [1.82, 2.24) is 4.90 Å². The van der Waals surface area contributed by atoms with Gasteiger partial charge in [0.2, 0.25) is 0 Å². The molecule has 1 rings (SSSR count). The van der Waals surface area contributed by atoms with Crippen LogP contribution in [0.4, 0.5) is 0 Å². The summed E-state index contributed by atoms with van der Waals surface area (Å²) in [5.41, 5.74) is 1.30. The van der Waals surface area contributed by atoms with E-state index in [1.807, 2.05) is 12.1 Å². The molecule has 3 heteroatoms. The molecule has 0 atom stereocenters. The fourth-order valence-electron chi connectivity index (χ4n) is 1.62. The van der Waals surface area contributed by atoms with Gasteiger partial charge in [-0.25, -0.2) is 0 Å². The third-order valence-corrected chi connectivity index (χ3v) is 3.33. The zero-order valence-corrected chi connectivity index (χ0v) is 11.7. The van der Waals surface area contributed by atoms with Gasteiger partial charge in [0, 0.05) is 11.6 Å². The van der Waals surface area contributed by atoms with Crippen molar-refractivity contribution in [1.29, 1.82) is 0 Å². The third kappa shape index (κ3) is 3.37. The van der Waals surface area contributed by atoms with Crippen LogP contribution in [0.2, 0.25) is 0 Å². The van der Waals surface area contributed by atoms with Crippen LogP contribution in [0.25, 0.3) is 0 Å². The van der Waals surface area contributed by atoms with Crippen molar-refractivity contribution in [3.8, 4) is 11.5 Å². The lowest BCUT2D eigenvalue weighted by molar-refractivity contribution is 0.193. The molecule has 0 aliphatic heterocycles. The summed E-state index contributed by atoms with van der Waals surface area (Å²) in [6.45, 7) is 4.44. The van der Waals surface area contributed by atoms with Crippen molar-refractivity contribution in [2.24, 2.45) is 0 Å². The average Bonchev–Trinajstić information content (AvgIpc) is 2.29. The number of likely N-dealkylation sites (N-methyl/N-ethyl adjacent to an activating group) is 1. The first-order chi connectivity index (χ1) is 7.90. The predicted molar refractivity (Wildman–Crippen MR) is 71.0 cm³/mol. The summed E-state index contributed by atoms with van der Waals surface area (Å²) in [7, 11) is 7.55. The third-order valence-electron chi connectivity index (χ3n) is 3.33. The number of methoxy groups -OCH3 is 2. The van der Waals surface area contributed by atoms with E-state index in [-0.39, 0.29) is 5.54 Å². The zero-order valence-electron chi connectivity index (χ0n) is 11.7. The highest BCUT2D eigenvalue weighted by Crippen LogP contribution is 2.28. The van der Waals surface area contributed by atoms with Gasteiger partial charge in [-0.1, -0.05) is 6.07 Å². The molecule has 0 radical (unpaired) electrons. The highest BCUT2D eigenvalue weighted by Gasteiger charge is 2.22. The molecule has 0 amide bonds. The van der Waals surface area contributed by atoms with Gasteiger partial charge < -0.3 is 14.4 Å². The summed E-state index contributed by atoms with van der Waals surface area (Å²) in [4.78, 5) is 2.22. The minimum Gasteiger partial charge on any atom is -0.497 e. The molecule has 0 N–H and O–H groups in total. The molecule has 1 aromatic carbocycles. The van der Waals surface area contributed by atoms with Crippen molar-refractivity contribution < 1.29 is 9.47 Å². The van der Waals surface area contributed by atoms with Crippen LogP contribution in [0.5, 0.6) is 11.5 Å². The lowest BCUT2D eigenvalue weighted by atomic mass is 9.93. The predicted octanol–water partition coefficient (Wildman–Crippen LogP) is 2.59. The van der Waals surface area contributed by atoms with E-state index in [0.717, 1.165) is 17.9 Å². The van der Waals surface area contributed by atoms with E-state index in [1.54, 1.807) is 14.2 Å². The normalized spacial score (nSPS) is 11.7. The summed E-state index contributed by atoms with van der Waals surface area (Å²) in [6, 6.07) is 5.98. The molecule has 0 aliphatic carbocycles. The molecule has 3 nitrogen and oxygen atoms in total. The fourth-order valence-corrected chi connectivity index (χ4v) is 1.62. The number of ether oxygens (including phenoxy) is 2. The summed E-state index contributed by atoms with van der Waals surface area (Å²) >= 11 is 0. The Bertz CT molecular complexity index is 372. The smallest absolute Gasteiger partial charge is 0.125 e. The summed E-state index contributed by atoms with van der Waals surface area (Å²) in [6.07, 6.45) is 0.938. The van der Waals surface area contributed by atoms with Crippen molar-refractivity contribution in [2.75, 3.05) is 28.3 Å². The second kappa shape index (κ2) is 5.41. The molecule has 0 spiro atoms. The van der Waals surface area contributed by atoms with Gasteiger partial charge >= 0.3 is 0 Å². The number of benzene rings is 1. The molecule has 0 saturated carbocycles. The highest BCUT2D eigenvalue weighted by atomic mass is 16.5. The van der Waals surface area contributed by atoms with Gasteiger partial charge in [-0.05, 0) is 46.0 Å². The van der Waals surface area contributed by atoms with Crippen molar-refractivity contribution in [3.63, 3.8) is 0 Å². The Hall–Kier alpha value is -1.22. The molecule has 0 saturated heterocycles. The topological polar surface area (TPSA) is 21.7 Å². The lowest BCUT2D eigenvalue weighted by Crippen LogP contribution is -2.40. The number of rotatable bonds is 5. The van der Waals surface area contributed by atoms with E-state index in [4.69, 9.17) is 9.47 Å². The molecule has 0 unspecified atom stereocenters. The van der Waals surface area contributed by atoms with Crippen LogP contribution in [-0.2, 0) is 6.42 Å². The van der Waals surface area contributed by atoms with E-state index < -0.39 is 0 Å². The SMILES string of the molecule is COc1ccc(CC(C)(C)N(C)C)c(OC)c1. The van der Waals surface area contributed by atoms with Gasteiger partial charge in [0.1, 0.15) is 11.5 Å². The van der Waals surface area contributed by atoms with Crippen LogP contribution in [0.1, 0.15) is 19.4 Å². The molecule has 0 heterocycles. The molecule has 17 heavy (non-hydrogen) atoms. The van der Waals surface area contributed by atoms with Crippen LogP contribution in [0, 0.1) is 0 Å². The van der Waals surface area contributed by atoms with Gasteiger partial charge in [-0.3, -0.25) is 0 Å². The Labute approximate surface area is 104 Å². The first kappa shape index (κ1) is 13.8. The largest absolute Gasteiger partial charge is 0.497 e. The Morgan fingerprint density at radius 1 is 1.12 bits per heavy atom. The van der Waals surface area contributed by atoms with Crippen LogP contribution < -0.4 is 9.47 Å². The van der Waals surface area contributed by atoms with Gasteiger partial charge in [0.15, 0.2) is 0 Å². The molecular weight excluding hydrogens is 214 g/mol. The minimum atomic E-state index is 0.0991. The molecule has 0 bridgehead atoms. The van der Waals surface area contributed by atoms with Crippen LogP contribution in [0.3, 0.4) is 0 Å². The highest BCUT2D eigenvalue weighted by molar-refractivity contribution is 5.41. The summed E-state index contributed by atoms with van der Waals surface area (Å²) in [5, 5.41) is 0. The molecule has 1 aromatic rings. The van der Waals surface area contributed by atoms with Crippen LogP contribution in [-0.4, -0.2) is 38.8 Å². The molecule has 96 valence electrons. The Kier molecular flexibility index (Phi) is 4.40. The van der Waals surface area contributed by atoms with Crippen molar-refractivity contribution in [2.45, 2.75) is 25.8 Å². The molecule has 0 aromatic heterocycles. The Balaban J connectivity index is 2.98. The van der Waals surface area contributed by atoms with Crippen LogP contribution >= 0.6 is 0 Å². The zero-order chi connectivity index (χ0) is 13.1. The van der Waals surface area contributed by atoms with Gasteiger partial charge in [-0.15, -0.1) is 0 Å². The summed E-state index contributed by atoms with van der Waals surface area (Å²) in [5.74, 6) is 1.72. The second-order valence-electron chi connectivity index (χ2n) is 5.06. The lowest BCUT2D eigenvalue weighted by Gasteiger charge is -2.33. The minimum absolute atomic E-state index is 0.0991. The Morgan fingerprint density at radius 2 is 1.76 bits per heavy atom. The molecule has 0 fully saturated rings. The van der Waals surface area contributed by atoms with E-state index in [0.29, 0.717) is 0 Å². The van der Waals surface area contributed by atoms with Gasteiger partial charge in [-0.2, -0.15) is 0 Å². The number of hydrogen-bond acceptors (Lipinski definition) is 3. The monoisotopic (exact) mass is 237 g/mol. The first-order valence-electron chi connectivity index (χ1n) is 5.79. The van der Waals surface area contributed by atoms with E-state index in [2.05, 4.69) is 38.9 Å². The van der Waals surface area contributed by atoms with Crippen LogP contribution in [0.15, 0.2) is 18.2 Å². The van der Waals surface area contributed by atoms with E-state index >= 15 is 0 Å².